The molecule has 0 heterocycles. The highest BCUT2D eigenvalue weighted by atomic mass is 35.5. The lowest BCUT2D eigenvalue weighted by atomic mass is 10.0. The number of amides is 2. The standard InChI is InChI=1S/C26H25Cl3N2O2S/c1-30-26(33)24(14-18-5-3-2-4-6-18)31(15-20-9-12-22(28)23(29)13-20)25(32)17-34-16-19-7-10-21(27)11-8-19/h2-13,24H,14-17H2,1H3,(H,30,33)/t24-/m1/s1. The van der Waals surface area contributed by atoms with Crippen molar-refractivity contribution in [2.75, 3.05) is 12.8 Å². The van der Waals surface area contributed by atoms with Crippen molar-refractivity contribution in [3.8, 4) is 0 Å². The molecule has 0 saturated heterocycles. The second-order valence-electron chi connectivity index (χ2n) is 7.71. The lowest BCUT2D eigenvalue weighted by Gasteiger charge is -2.31. The Morgan fingerprint density at radius 3 is 2.21 bits per heavy atom. The van der Waals surface area contributed by atoms with Gasteiger partial charge in [-0.25, -0.2) is 0 Å². The van der Waals surface area contributed by atoms with Gasteiger partial charge in [-0.3, -0.25) is 9.59 Å². The van der Waals surface area contributed by atoms with E-state index in [2.05, 4.69) is 5.32 Å². The van der Waals surface area contributed by atoms with Crippen molar-refractivity contribution in [2.45, 2.75) is 24.8 Å². The number of hydrogen-bond donors (Lipinski definition) is 1. The Hall–Kier alpha value is -2.18. The first-order valence-electron chi connectivity index (χ1n) is 10.7. The molecule has 4 nitrogen and oxygen atoms in total. The first kappa shape index (κ1) is 26.4. The highest BCUT2D eigenvalue weighted by molar-refractivity contribution is 7.99. The van der Waals surface area contributed by atoms with Gasteiger partial charge in [0, 0.05) is 30.8 Å². The number of rotatable bonds is 10. The van der Waals surface area contributed by atoms with Crippen LogP contribution in [0, 0.1) is 0 Å². The molecule has 1 atom stereocenters. The van der Waals surface area contributed by atoms with Crippen molar-refractivity contribution in [1.29, 1.82) is 0 Å². The summed E-state index contributed by atoms with van der Waals surface area (Å²) < 4.78 is 0. The second-order valence-corrected chi connectivity index (χ2v) is 9.95. The molecule has 0 spiro atoms. The molecule has 3 aromatic carbocycles. The molecule has 0 radical (unpaired) electrons. The predicted octanol–water partition coefficient (Wildman–Crippen LogP) is 6.27. The molecular weight excluding hydrogens is 511 g/mol. The van der Waals surface area contributed by atoms with Gasteiger partial charge in [0.2, 0.25) is 11.8 Å². The minimum atomic E-state index is -0.675. The van der Waals surface area contributed by atoms with Crippen LogP contribution >= 0.6 is 46.6 Å². The quantitative estimate of drug-likeness (QED) is 0.333. The molecule has 2 amide bonds. The van der Waals surface area contributed by atoms with Crippen LogP contribution in [0.4, 0.5) is 0 Å². The molecule has 1 N–H and O–H groups in total. The van der Waals surface area contributed by atoms with E-state index < -0.39 is 6.04 Å². The molecule has 8 heteroatoms. The van der Waals surface area contributed by atoms with Gasteiger partial charge in [0.1, 0.15) is 6.04 Å². The fourth-order valence-electron chi connectivity index (χ4n) is 3.47. The van der Waals surface area contributed by atoms with Crippen molar-refractivity contribution in [3.63, 3.8) is 0 Å². The SMILES string of the molecule is CNC(=O)[C@@H](Cc1ccccc1)N(Cc1ccc(Cl)c(Cl)c1)C(=O)CSCc1ccc(Cl)cc1. The maximum Gasteiger partial charge on any atom is 0.242 e. The number of carbonyl (C=O) groups is 2. The van der Waals surface area contributed by atoms with E-state index in [9.17, 15) is 9.59 Å². The van der Waals surface area contributed by atoms with E-state index in [0.29, 0.717) is 27.2 Å². The minimum absolute atomic E-state index is 0.130. The third-order valence-electron chi connectivity index (χ3n) is 5.26. The van der Waals surface area contributed by atoms with Gasteiger partial charge in [-0.1, -0.05) is 83.3 Å². The van der Waals surface area contributed by atoms with Gasteiger partial charge in [-0.15, -0.1) is 11.8 Å². The van der Waals surface area contributed by atoms with E-state index >= 15 is 0 Å². The number of carbonyl (C=O) groups excluding carboxylic acids is 2. The van der Waals surface area contributed by atoms with Crippen molar-refractivity contribution >= 4 is 58.4 Å². The van der Waals surface area contributed by atoms with Crippen LogP contribution in [0.25, 0.3) is 0 Å². The molecule has 178 valence electrons. The third kappa shape index (κ3) is 7.67. The normalized spacial score (nSPS) is 11.6. The molecule has 0 fully saturated rings. The molecule has 0 aliphatic carbocycles. The van der Waals surface area contributed by atoms with Gasteiger partial charge < -0.3 is 10.2 Å². The molecule has 0 aromatic heterocycles. The summed E-state index contributed by atoms with van der Waals surface area (Å²) in [5.74, 6) is 0.536. The number of likely N-dealkylation sites (N-methyl/N-ethyl adjacent to an activating group) is 1. The largest absolute Gasteiger partial charge is 0.357 e. The van der Waals surface area contributed by atoms with Crippen LogP contribution in [-0.2, 0) is 28.3 Å². The number of benzene rings is 3. The molecule has 34 heavy (non-hydrogen) atoms. The van der Waals surface area contributed by atoms with Crippen LogP contribution in [0.15, 0.2) is 72.8 Å². The lowest BCUT2D eigenvalue weighted by Crippen LogP contribution is -2.50. The van der Waals surface area contributed by atoms with Gasteiger partial charge in [0.05, 0.1) is 15.8 Å². The topological polar surface area (TPSA) is 49.4 Å². The summed E-state index contributed by atoms with van der Waals surface area (Å²) in [6.07, 6.45) is 0.398. The maximum atomic E-state index is 13.4. The Balaban J connectivity index is 1.82. The average Bonchev–Trinajstić information content (AvgIpc) is 2.84. The summed E-state index contributed by atoms with van der Waals surface area (Å²) in [5, 5.41) is 4.23. The molecule has 0 saturated carbocycles. The number of hydrogen-bond acceptors (Lipinski definition) is 3. The molecule has 3 rings (SSSR count). The molecule has 0 unspecified atom stereocenters. The van der Waals surface area contributed by atoms with Gasteiger partial charge in [-0.05, 0) is 41.0 Å². The Kier molecular flexibility index (Phi) is 10.1. The number of nitrogens with one attached hydrogen (secondary N) is 1. The van der Waals surface area contributed by atoms with Crippen molar-refractivity contribution < 1.29 is 9.59 Å². The van der Waals surface area contributed by atoms with E-state index in [0.717, 1.165) is 16.7 Å². The monoisotopic (exact) mass is 534 g/mol. The lowest BCUT2D eigenvalue weighted by molar-refractivity contribution is -0.139. The van der Waals surface area contributed by atoms with Crippen LogP contribution in [0.3, 0.4) is 0 Å². The van der Waals surface area contributed by atoms with E-state index in [1.807, 2.05) is 60.7 Å². The Bertz CT molecular complexity index is 1110. The molecule has 3 aromatic rings. The average molecular weight is 536 g/mol. The summed E-state index contributed by atoms with van der Waals surface area (Å²) in [4.78, 5) is 28.0. The van der Waals surface area contributed by atoms with Gasteiger partial charge >= 0.3 is 0 Å². The van der Waals surface area contributed by atoms with Gasteiger partial charge in [0.25, 0.3) is 0 Å². The summed E-state index contributed by atoms with van der Waals surface area (Å²) in [6, 6.07) is 21.8. The van der Waals surface area contributed by atoms with E-state index in [4.69, 9.17) is 34.8 Å². The van der Waals surface area contributed by atoms with Crippen LogP contribution in [0.1, 0.15) is 16.7 Å². The first-order valence-corrected chi connectivity index (χ1v) is 13.0. The Morgan fingerprint density at radius 1 is 0.882 bits per heavy atom. The summed E-state index contributed by atoms with van der Waals surface area (Å²) >= 11 is 19.7. The minimum Gasteiger partial charge on any atom is -0.357 e. The van der Waals surface area contributed by atoms with Crippen LogP contribution < -0.4 is 5.32 Å². The molecule has 0 aliphatic heterocycles. The molecule has 0 bridgehead atoms. The van der Waals surface area contributed by atoms with Crippen LogP contribution in [-0.4, -0.2) is 35.6 Å². The fraction of sp³-hybridized carbons (Fsp3) is 0.231. The second kappa shape index (κ2) is 13.1. The smallest absolute Gasteiger partial charge is 0.242 e. The van der Waals surface area contributed by atoms with Crippen LogP contribution in [0.5, 0.6) is 0 Å². The highest BCUT2D eigenvalue weighted by Gasteiger charge is 2.29. The molecule has 0 aliphatic rings. The zero-order valence-electron chi connectivity index (χ0n) is 18.6. The zero-order chi connectivity index (χ0) is 24.5. The van der Waals surface area contributed by atoms with E-state index in [1.165, 1.54) is 11.8 Å². The Labute approximate surface area is 219 Å². The van der Waals surface area contributed by atoms with E-state index in [1.54, 1.807) is 24.1 Å². The third-order valence-corrected chi connectivity index (χ3v) is 7.24. The maximum absolute atomic E-state index is 13.4. The summed E-state index contributed by atoms with van der Waals surface area (Å²) in [5.41, 5.74) is 2.84. The van der Waals surface area contributed by atoms with Crippen LogP contribution in [0.2, 0.25) is 15.1 Å². The number of thioether (sulfide) groups is 1. The number of nitrogens with zero attached hydrogens (tertiary/aromatic N) is 1. The number of halogens is 3. The Morgan fingerprint density at radius 2 is 1.56 bits per heavy atom. The predicted molar refractivity (Wildman–Crippen MR) is 143 cm³/mol. The summed E-state index contributed by atoms with van der Waals surface area (Å²) in [7, 11) is 1.58. The highest BCUT2D eigenvalue weighted by Crippen LogP contribution is 2.25. The van der Waals surface area contributed by atoms with Crippen molar-refractivity contribution in [1.82, 2.24) is 10.2 Å². The van der Waals surface area contributed by atoms with E-state index in [-0.39, 0.29) is 24.1 Å². The van der Waals surface area contributed by atoms with Gasteiger partial charge in [-0.2, -0.15) is 0 Å². The molecular formula is C26H25Cl3N2O2S. The first-order chi connectivity index (χ1) is 16.4. The van der Waals surface area contributed by atoms with Crippen molar-refractivity contribution in [2.24, 2.45) is 0 Å². The van der Waals surface area contributed by atoms with Crippen molar-refractivity contribution in [3.05, 3.63) is 105 Å². The summed E-state index contributed by atoms with van der Waals surface area (Å²) in [6.45, 7) is 0.238. The van der Waals surface area contributed by atoms with Gasteiger partial charge in [0.15, 0.2) is 0 Å². The fourth-order valence-corrected chi connectivity index (χ4v) is 4.79. The zero-order valence-corrected chi connectivity index (χ0v) is 21.7.